The summed E-state index contributed by atoms with van der Waals surface area (Å²) in [7, 11) is 0. The van der Waals surface area contributed by atoms with Gasteiger partial charge in [-0.05, 0) is 30.2 Å². The molecule has 0 aliphatic rings. The number of hydrazone groups is 1. The number of benzene rings is 2. The van der Waals surface area contributed by atoms with Gasteiger partial charge in [0, 0.05) is 5.69 Å². The van der Waals surface area contributed by atoms with Gasteiger partial charge in [-0.3, -0.25) is 15.6 Å². The minimum atomic E-state index is -0.450. The highest BCUT2D eigenvalue weighted by Gasteiger charge is 2.13. The molecule has 126 valence electrons. The Kier molecular flexibility index (Phi) is 5.85. The summed E-state index contributed by atoms with van der Waals surface area (Å²) < 4.78 is 0. The summed E-state index contributed by atoms with van der Waals surface area (Å²) in [5.41, 5.74) is 10.2. The van der Waals surface area contributed by atoms with E-state index >= 15 is 0 Å². The van der Waals surface area contributed by atoms with Gasteiger partial charge in [-0.15, -0.1) is 0 Å². The highest BCUT2D eigenvalue weighted by Crippen LogP contribution is 2.20. The van der Waals surface area contributed by atoms with E-state index in [1.54, 1.807) is 30.3 Å². The quantitative estimate of drug-likeness (QED) is 0.368. The van der Waals surface area contributed by atoms with Crippen LogP contribution in [0, 0.1) is 16.7 Å². The predicted octanol–water partition coefficient (Wildman–Crippen LogP) is 2.73. The molecule has 7 heteroatoms. The molecular formula is C18H18N6O. The molecule has 0 saturated heterocycles. The third kappa shape index (κ3) is 4.42. The van der Waals surface area contributed by atoms with Crippen LogP contribution in [-0.4, -0.2) is 17.5 Å². The van der Waals surface area contributed by atoms with E-state index in [1.807, 2.05) is 31.2 Å². The molecular weight excluding hydrogens is 316 g/mol. The Morgan fingerprint density at radius 3 is 2.48 bits per heavy atom. The number of para-hydroxylation sites is 2. The van der Waals surface area contributed by atoms with Crippen molar-refractivity contribution in [2.24, 2.45) is 10.8 Å². The zero-order valence-electron chi connectivity index (χ0n) is 13.7. The maximum Gasteiger partial charge on any atom is 0.257 e. The van der Waals surface area contributed by atoms with E-state index < -0.39 is 5.84 Å². The number of nitrogens with one attached hydrogen (secondary N) is 3. The van der Waals surface area contributed by atoms with Gasteiger partial charge >= 0.3 is 0 Å². The van der Waals surface area contributed by atoms with E-state index in [2.05, 4.69) is 15.8 Å². The van der Waals surface area contributed by atoms with Gasteiger partial charge in [0.1, 0.15) is 6.07 Å². The number of hydrogen-bond donors (Lipinski definition) is 4. The molecule has 0 spiro atoms. The van der Waals surface area contributed by atoms with E-state index in [1.165, 1.54) is 0 Å². The minimum Gasteiger partial charge on any atom is -0.382 e. The zero-order chi connectivity index (χ0) is 18.2. The van der Waals surface area contributed by atoms with E-state index in [0.29, 0.717) is 11.3 Å². The molecule has 2 rings (SSSR count). The predicted molar refractivity (Wildman–Crippen MR) is 98.8 cm³/mol. The summed E-state index contributed by atoms with van der Waals surface area (Å²) in [4.78, 5) is 12.6. The van der Waals surface area contributed by atoms with Gasteiger partial charge in [-0.25, -0.2) is 0 Å². The Bertz CT molecular complexity index is 866. The Hall–Kier alpha value is -3.66. The molecule has 0 radical (unpaired) electrons. The van der Waals surface area contributed by atoms with Gasteiger partial charge in [0.15, 0.2) is 5.84 Å². The number of carbonyl (C=O) groups is 1. The van der Waals surface area contributed by atoms with Crippen molar-refractivity contribution in [3.8, 4) is 6.07 Å². The summed E-state index contributed by atoms with van der Waals surface area (Å²) in [5.74, 6) is -0.755. The largest absolute Gasteiger partial charge is 0.382 e. The molecule has 0 aromatic heterocycles. The number of rotatable bonds is 6. The molecule has 0 unspecified atom stereocenters. The lowest BCUT2D eigenvalue weighted by atomic mass is 10.1. The molecule has 7 nitrogen and oxygen atoms in total. The summed E-state index contributed by atoms with van der Waals surface area (Å²) in [6, 6.07) is 16.0. The fourth-order valence-electron chi connectivity index (χ4n) is 2.18. The van der Waals surface area contributed by atoms with Crippen molar-refractivity contribution in [2.45, 2.75) is 13.3 Å². The molecule has 25 heavy (non-hydrogen) atoms. The van der Waals surface area contributed by atoms with Crippen LogP contribution in [0.3, 0.4) is 0 Å². The third-order valence-corrected chi connectivity index (χ3v) is 3.47. The number of anilines is 2. The normalized spacial score (nSPS) is 10.6. The van der Waals surface area contributed by atoms with Gasteiger partial charge < -0.3 is 11.1 Å². The van der Waals surface area contributed by atoms with Crippen molar-refractivity contribution in [1.29, 1.82) is 10.7 Å². The van der Waals surface area contributed by atoms with Gasteiger partial charge in [0.25, 0.3) is 5.91 Å². The van der Waals surface area contributed by atoms with Crippen LogP contribution in [0.4, 0.5) is 11.4 Å². The van der Waals surface area contributed by atoms with E-state index in [9.17, 15) is 4.79 Å². The Labute approximate surface area is 145 Å². The van der Waals surface area contributed by atoms with Crippen LogP contribution >= 0.6 is 0 Å². The summed E-state index contributed by atoms with van der Waals surface area (Å²) in [5, 5.41) is 22.8. The van der Waals surface area contributed by atoms with Crippen LogP contribution < -0.4 is 16.5 Å². The maximum atomic E-state index is 12.6. The second-order valence-electron chi connectivity index (χ2n) is 5.11. The van der Waals surface area contributed by atoms with Gasteiger partial charge in [-0.1, -0.05) is 37.3 Å². The average Bonchev–Trinajstić information content (AvgIpc) is 2.62. The van der Waals surface area contributed by atoms with Crippen LogP contribution in [0.1, 0.15) is 22.8 Å². The summed E-state index contributed by atoms with van der Waals surface area (Å²) in [6.45, 7) is 2.01. The Morgan fingerprint density at radius 2 is 1.84 bits per heavy atom. The van der Waals surface area contributed by atoms with Gasteiger partial charge in [0.05, 0.1) is 11.3 Å². The van der Waals surface area contributed by atoms with Crippen molar-refractivity contribution in [3.05, 3.63) is 59.7 Å². The first-order valence-corrected chi connectivity index (χ1v) is 7.63. The molecule has 0 heterocycles. The number of nitrogens with two attached hydrogens (primary N) is 1. The van der Waals surface area contributed by atoms with Gasteiger partial charge in [0.2, 0.25) is 5.71 Å². The molecule has 0 fully saturated rings. The van der Waals surface area contributed by atoms with Crippen molar-refractivity contribution >= 4 is 28.8 Å². The molecule has 0 saturated carbocycles. The molecule has 2 aromatic rings. The average molecular weight is 334 g/mol. The number of amidine groups is 1. The van der Waals surface area contributed by atoms with Crippen LogP contribution in [-0.2, 0) is 6.42 Å². The molecule has 2 aromatic carbocycles. The summed E-state index contributed by atoms with van der Waals surface area (Å²) in [6.07, 6.45) is 0.796. The fraction of sp³-hybridized carbons (Fsp3) is 0.111. The SMILES string of the molecule is CCc1ccccc1NC(=O)c1ccccc1N/N=C(\C#N)C(=N)N. The molecule has 0 bridgehead atoms. The highest BCUT2D eigenvalue weighted by molar-refractivity contribution is 6.45. The highest BCUT2D eigenvalue weighted by atomic mass is 16.1. The number of nitriles is 1. The second-order valence-corrected chi connectivity index (χ2v) is 5.11. The smallest absolute Gasteiger partial charge is 0.257 e. The molecule has 0 atom stereocenters. The zero-order valence-corrected chi connectivity index (χ0v) is 13.7. The van der Waals surface area contributed by atoms with Crippen molar-refractivity contribution in [1.82, 2.24) is 0 Å². The maximum absolute atomic E-state index is 12.6. The van der Waals surface area contributed by atoms with Crippen LogP contribution in [0.15, 0.2) is 53.6 Å². The van der Waals surface area contributed by atoms with Crippen molar-refractivity contribution in [2.75, 3.05) is 10.7 Å². The third-order valence-electron chi connectivity index (χ3n) is 3.47. The lowest BCUT2D eigenvalue weighted by Gasteiger charge is -2.12. The monoisotopic (exact) mass is 334 g/mol. The molecule has 1 amide bonds. The topological polar surface area (TPSA) is 127 Å². The second kappa shape index (κ2) is 8.26. The lowest BCUT2D eigenvalue weighted by Crippen LogP contribution is -2.22. The number of aryl methyl sites for hydroxylation is 1. The van der Waals surface area contributed by atoms with Gasteiger partial charge in [-0.2, -0.15) is 10.4 Å². The number of amides is 1. The summed E-state index contributed by atoms with van der Waals surface area (Å²) >= 11 is 0. The van der Waals surface area contributed by atoms with Crippen LogP contribution in [0.2, 0.25) is 0 Å². The first-order valence-electron chi connectivity index (χ1n) is 7.63. The van der Waals surface area contributed by atoms with Crippen molar-refractivity contribution in [3.63, 3.8) is 0 Å². The number of carbonyl (C=O) groups excluding carboxylic acids is 1. The Morgan fingerprint density at radius 1 is 1.20 bits per heavy atom. The molecule has 5 N–H and O–H groups in total. The van der Waals surface area contributed by atoms with E-state index in [-0.39, 0.29) is 11.6 Å². The van der Waals surface area contributed by atoms with E-state index in [0.717, 1.165) is 17.7 Å². The Balaban J connectivity index is 2.27. The number of hydrogen-bond acceptors (Lipinski definition) is 5. The minimum absolute atomic E-state index is 0.258. The standard InChI is InChI=1S/C18H18N6O/c1-2-12-7-3-5-9-14(12)22-18(25)13-8-4-6-10-15(13)23-24-16(11-19)17(20)21/h3-10,23H,2H2,1H3,(H3,20,21)(H,22,25)/b24-16+. The van der Waals surface area contributed by atoms with Crippen molar-refractivity contribution < 1.29 is 4.79 Å². The first-order chi connectivity index (χ1) is 12.1. The van der Waals surface area contributed by atoms with Crippen LogP contribution in [0.5, 0.6) is 0 Å². The first kappa shape index (κ1) is 17.7. The lowest BCUT2D eigenvalue weighted by molar-refractivity contribution is 0.102. The molecule has 0 aliphatic carbocycles. The van der Waals surface area contributed by atoms with Crippen LogP contribution in [0.25, 0.3) is 0 Å². The fourth-order valence-corrected chi connectivity index (χ4v) is 2.18. The molecule has 0 aliphatic heterocycles. The number of nitrogens with zero attached hydrogens (tertiary/aromatic N) is 2. The van der Waals surface area contributed by atoms with E-state index in [4.69, 9.17) is 16.4 Å².